The number of aryl methyl sites for hydroxylation is 1. The summed E-state index contributed by atoms with van der Waals surface area (Å²) < 4.78 is 1.40. The maximum absolute atomic E-state index is 11.8. The third-order valence-corrected chi connectivity index (χ3v) is 2.61. The van der Waals surface area contributed by atoms with Crippen LogP contribution in [0.5, 0.6) is 0 Å². The van der Waals surface area contributed by atoms with Crippen molar-refractivity contribution in [2.75, 3.05) is 0 Å². The molecule has 0 unspecified atom stereocenters. The van der Waals surface area contributed by atoms with Crippen molar-refractivity contribution in [3.63, 3.8) is 0 Å². The number of hydrogen-bond donors (Lipinski definition) is 1. The minimum Gasteiger partial charge on any atom is -0.292 e. The molecule has 0 amide bonds. The molecule has 1 heterocycles. The Morgan fingerprint density at radius 2 is 1.76 bits per heavy atom. The summed E-state index contributed by atoms with van der Waals surface area (Å²) in [5.41, 5.74) is 1.59. The first-order chi connectivity index (χ1) is 7.88. The van der Waals surface area contributed by atoms with Gasteiger partial charge in [0, 0.05) is 5.41 Å². The van der Waals surface area contributed by atoms with Gasteiger partial charge in [-0.3, -0.25) is 4.98 Å². The highest BCUT2D eigenvalue weighted by Gasteiger charge is 2.19. The van der Waals surface area contributed by atoms with Gasteiger partial charge in [-0.15, -0.1) is 5.10 Å². The molecule has 0 radical (unpaired) electrons. The highest BCUT2D eigenvalue weighted by molar-refractivity contribution is 5.33. The van der Waals surface area contributed by atoms with Gasteiger partial charge in [0.1, 0.15) is 5.82 Å². The van der Waals surface area contributed by atoms with Crippen LogP contribution >= 0.6 is 0 Å². The number of aromatic nitrogens is 3. The number of H-pyrrole nitrogens is 1. The van der Waals surface area contributed by atoms with Crippen LogP contribution in [-0.4, -0.2) is 14.8 Å². The summed E-state index contributed by atoms with van der Waals surface area (Å²) in [6.07, 6.45) is 0. The summed E-state index contributed by atoms with van der Waals surface area (Å²) in [6, 6.07) is 7.72. The Kier molecular flexibility index (Phi) is 2.65. The van der Waals surface area contributed by atoms with E-state index in [1.54, 1.807) is 0 Å². The normalized spacial score (nSPS) is 11.8. The van der Waals surface area contributed by atoms with Crippen LogP contribution in [0, 0.1) is 6.92 Å². The summed E-state index contributed by atoms with van der Waals surface area (Å²) in [6.45, 7) is 8.07. The van der Waals surface area contributed by atoms with Gasteiger partial charge in [-0.2, -0.15) is 4.68 Å². The van der Waals surface area contributed by atoms with Crippen LogP contribution in [0.15, 0.2) is 29.1 Å². The zero-order valence-corrected chi connectivity index (χ0v) is 10.6. The Hall–Kier alpha value is -1.84. The molecule has 0 bridgehead atoms. The Bertz CT molecular complexity index is 570. The van der Waals surface area contributed by atoms with Gasteiger partial charge in [-0.1, -0.05) is 38.5 Å². The molecule has 0 fully saturated rings. The molecule has 1 aromatic carbocycles. The van der Waals surface area contributed by atoms with E-state index in [1.807, 2.05) is 52.0 Å². The summed E-state index contributed by atoms with van der Waals surface area (Å²) in [4.78, 5) is 14.6. The van der Waals surface area contributed by atoms with E-state index in [2.05, 4.69) is 10.1 Å². The number of benzene rings is 1. The van der Waals surface area contributed by atoms with Gasteiger partial charge in [0.05, 0.1) is 5.69 Å². The molecular weight excluding hydrogens is 214 g/mol. The van der Waals surface area contributed by atoms with Gasteiger partial charge in [-0.25, -0.2) is 4.79 Å². The molecule has 0 atom stereocenters. The van der Waals surface area contributed by atoms with E-state index in [0.717, 1.165) is 11.3 Å². The smallest absolute Gasteiger partial charge is 0.292 e. The lowest BCUT2D eigenvalue weighted by Gasteiger charge is -2.12. The van der Waals surface area contributed by atoms with Crippen LogP contribution in [-0.2, 0) is 5.41 Å². The van der Waals surface area contributed by atoms with Crippen LogP contribution in [0.3, 0.4) is 0 Å². The minimum atomic E-state index is -0.196. The first kappa shape index (κ1) is 11.6. The molecular formula is C13H17N3O. The molecule has 0 saturated carbocycles. The Morgan fingerprint density at radius 3 is 2.24 bits per heavy atom. The van der Waals surface area contributed by atoms with Gasteiger partial charge in [0.2, 0.25) is 0 Å². The second-order valence-electron chi connectivity index (χ2n) is 5.28. The predicted octanol–water partition coefficient (Wildman–Crippen LogP) is 2.17. The SMILES string of the molecule is Cc1ccc(-n2nc(C(C)(C)C)[nH]c2=O)cc1. The zero-order chi connectivity index (χ0) is 12.6. The highest BCUT2D eigenvalue weighted by Crippen LogP contribution is 2.17. The molecule has 2 rings (SSSR count). The van der Waals surface area contributed by atoms with Gasteiger partial charge in [-0.05, 0) is 19.1 Å². The molecule has 0 aliphatic heterocycles. The van der Waals surface area contributed by atoms with E-state index >= 15 is 0 Å². The molecule has 4 nitrogen and oxygen atoms in total. The van der Waals surface area contributed by atoms with Crippen molar-refractivity contribution in [2.45, 2.75) is 33.1 Å². The van der Waals surface area contributed by atoms with Gasteiger partial charge < -0.3 is 0 Å². The molecule has 0 saturated heterocycles. The second-order valence-corrected chi connectivity index (χ2v) is 5.28. The Balaban J connectivity index is 2.50. The van der Waals surface area contributed by atoms with Crippen molar-refractivity contribution < 1.29 is 0 Å². The molecule has 17 heavy (non-hydrogen) atoms. The lowest BCUT2D eigenvalue weighted by molar-refractivity contribution is 0.543. The van der Waals surface area contributed by atoms with E-state index in [0.29, 0.717) is 5.82 Å². The molecule has 1 aromatic heterocycles. The van der Waals surface area contributed by atoms with E-state index in [1.165, 1.54) is 4.68 Å². The van der Waals surface area contributed by atoms with Gasteiger partial charge in [0.15, 0.2) is 0 Å². The molecule has 2 aromatic rings. The van der Waals surface area contributed by atoms with Gasteiger partial charge >= 0.3 is 5.69 Å². The van der Waals surface area contributed by atoms with Crippen LogP contribution in [0.25, 0.3) is 5.69 Å². The monoisotopic (exact) mass is 231 g/mol. The fraction of sp³-hybridized carbons (Fsp3) is 0.385. The van der Waals surface area contributed by atoms with Crippen molar-refractivity contribution in [3.05, 3.63) is 46.1 Å². The van der Waals surface area contributed by atoms with Crippen LogP contribution in [0.1, 0.15) is 32.2 Å². The van der Waals surface area contributed by atoms with Crippen molar-refractivity contribution in [1.29, 1.82) is 0 Å². The highest BCUT2D eigenvalue weighted by atomic mass is 16.1. The van der Waals surface area contributed by atoms with Crippen molar-refractivity contribution in [3.8, 4) is 5.69 Å². The van der Waals surface area contributed by atoms with Gasteiger partial charge in [0.25, 0.3) is 0 Å². The summed E-state index contributed by atoms with van der Waals surface area (Å²) in [5, 5.41) is 4.33. The first-order valence-electron chi connectivity index (χ1n) is 5.65. The fourth-order valence-electron chi connectivity index (χ4n) is 1.52. The lowest BCUT2D eigenvalue weighted by atomic mass is 9.96. The first-order valence-corrected chi connectivity index (χ1v) is 5.65. The fourth-order valence-corrected chi connectivity index (χ4v) is 1.52. The molecule has 0 aliphatic carbocycles. The Labute approximate surface area is 100 Å². The average molecular weight is 231 g/mol. The third kappa shape index (κ3) is 2.30. The minimum absolute atomic E-state index is 0.158. The van der Waals surface area contributed by atoms with E-state index in [-0.39, 0.29) is 11.1 Å². The lowest BCUT2D eigenvalue weighted by Crippen LogP contribution is -2.16. The summed E-state index contributed by atoms with van der Waals surface area (Å²) in [7, 11) is 0. The van der Waals surface area contributed by atoms with Crippen molar-refractivity contribution >= 4 is 0 Å². The molecule has 90 valence electrons. The molecule has 4 heteroatoms. The van der Waals surface area contributed by atoms with Crippen LogP contribution in [0.4, 0.5) is 0 Å². The quantitative estimate of drug-likeness (QED) is 0.817. The largest absolute Gasteiger partial charge is 0.348 e. The van der Waals surface area contributed by atoms with E-state index in [4.69, 9.17) is 0 Å². The number of rotatable bonds is 1. The van der Waals surface area contributed by atoms with Crippen LogP contribution in [0.2, 0.25) is 0 Å². The van der Waals surface area contributed by atoms with Crippen LogP contribution < -0.4 is 5.69 Å². The predicted molar refractivity (Wildman–Crippen MR) is 67.6 cm³/mol. The van der Waals surface area contributed by atoms with E-state index in [9.17, 15) is 4.79 Å². The summed E-state index contributed by atoms with van der Waals surface area (Å²) >= 11 is 0. The standard InChI is InChI=1S/C13H17N3O/c1-9-5-7-10(8-6-9)16-12(17)14-11(15-16)13(2,3)4/h5-8H,1-4H3,(H,14,15,17). The molecule has 0 spiro atoms. The number of nitrogens with zero attached hydrogens (tertiary/aromatic N) is 2. The van der Waals surface area contributed by atoms with Crippen molar-refractivity contribution in [2.24, 2.45) is 0 Å². The Morgan fingerprint density at radius 1 is 1.18 bits per heavy atom. The number of nitrogens with one attached hydrogen (secondary N) is 1. The zero-order valence-electron chi connectivity index (χ0n) is 10.6. The molecule has 0 aliphatic rings. The molecule has 1 N–H and O–H groups in total. The average Bonchev–Trinajstić information content (AvgIpc) is 2.61. The summed E-state index contributed by atoms with van der Waals surface area (Å²) in [5.74, 6) is 0.697. The third-order valence-electron chi connectivity index (χ3n) is 2.61. The maximum atomic E-state index is 11.8. The topological polar surface area (TPSA) is 50.7 Å². The number of hydrogen-bond acceptors (Lipinski definition) is 2. The van der Waals surface area contributed by atoms with E-state index < -0.39 is 0 Å². The maximum Gasteiger partial charge on any atom is 0.348 e. The number of aromatic amines is 1. The van der Waals surface area contributed by atoms with Crippen molar-refractivity contribution in [1.82, 2.24) is 14.8 Å². The second kappa shape index (κ2) is 3.87.